The number of rotatable bonds is 6. The summed E-state index contributed by atoms with van der Waals surface area (Å²) in [7, 11) is 1.61. The summed E-state index contributed by atoms with van der Waals surface area (Å²) in [5.41, 5.74) is 1.58. The van der Waals surface area contributed by atoms with Crippen molar-refractivity contribution in [2.24, 2.45) is 0 Å². The van der Waals surface area contributed by atoms with E-state index in [1.165, 1.54) is 19.3 Å². The van der Waals surface area contributed by atoms with E-state index in [4.69, 9.17) is 4.74 Å². The Morgan fingerprint density at radius 3 is 3.00 bits per heavy atom. The van der Waals surface area contributed by atoms with Crippen molar-refractivity contribution < 1.29 is 9.53 Å². The lowest BCUT2D eigenvalue weighted by molar-refractivity contribution is 0.0932. The van der Waals surface area contributed by atoms with Gasteiger partial charge < -0.3 is 15.0 Å². The number of carbonyl (C=O) groups is 1. The first kappa shape index (κ1) is 15.8. The largest absolute Gasteiger partial charge is 0.383 e. The molecule has 1 aromatic heterocycles. The number of carbonyl (C=O) groups excluding carboxylic acids is 1. The molecule has 1 aliphatic heterocycles. The molecule has 1 saturated heterocycles. The topological polar surface area (TPSA) is 54.5 Å². The average Bonchev–Trinajstić information content (AvgIpc) is 2.55. The van der Waals surface area contributed by atoms with E-state index in [0.29, 0.717) is 24.9 Å². The van der Waals surface area contributed by atoms with Gasteiger partial charge in [0.1, 0.15) is 5.69 Å². The molecular weight excluding hydrogens is 266 g/mol. The van der Waals surface area contributed by atoms with E-state index in [2.05, 4.69) is 22.1 Å². The zero-order valence-electron chi connectivity index (χ0n) is 13.0. The van der Waals surface area contributed by atoms with E-state index in [1.54, 1.807) is 13.2 Å². The van der Waals surface area contributed by atoms with Crippen LogP contribution < -0.4 is 10.2 Å². The van der Waals surface area contributed by atoms with Crippen molar-refractivity contribution >= 4 is 11.6 Å². The van der Waals surface area contributed by atoms with Crippen molar-refractivity contribution in [1.82, 2.24) is 10.3 Å². The van der Waals surface area contributed by atoms with E-state index in [0.717, 1.165) is 18.7 Å². The van der Waals surface area contributed by atoms with Crippen molar-refractivity contribution in [3.63, 3.8) is 0 Å². The van der Waals surface area contributed by atoms with Crippen LogP contribution in [0.25, 0.3) is 0 Å². The Morgan fingerprint density at radius 1 is 1.48 bits per heavy atom. The summed E-state index contributed by atoms with van der Waals surface area (Å²) >= 11 is 0. The molecule has 1 aromatic rings. The fourth-order valence-corrected chi connectivity index (χ4v) is 2.81. The summed E-state index contributed by atoms with van der Waals surface area (Å²) in [6.07, 6.45) is 6.76. The molecule has 0 radical (unpaired) electrons. The minimum absolute atomic E-state index is 0.149. The van der Waals surface area contributed by atoms with Gasteiger partial charge in [0.2, 0.25) is 0 Å². The second-order valence-electron chi connectivity index (χ2n) is 5.40. The van der Waals surface area contributed by atoms with E-state index in [1.807, 2.05) is 12.3 Å². The number of nitrogens with one attached hydrogen (secondary N) is 1. The molecule has 1 aliphatic rings. The molecule has 116 valence electrons. The summed E-state index contributed by atoms with van der Waals surface area (Å²) in [5, 5.41) is 2.78. The van der Waals surface area contributed by atoms with Crippen molar-refractivity contribution in [3.05, 3.63) is 24.0 Å². The van der Waals surface area contributed by atoms with Gasteiger partial charge in [-0.2, -0.15) is 0 Å². The summed E-state index contributed by atoms with van der Waals surface area (Å²) in [6.45, 7) is 4.33. The summed E-state index contributed by atoms with van der Waals surface area (Å²) in [6, 6.07) is 4.41. The van der Waals surface area contributed by atoms with Crippen molar-refractivity contribution in [3.8, 4) is 0 Å². The van der Waals surface area contributed by atoms with Gasteiger partial charge in [-0.25, -0.2) is 4.98 Å². The number of aromatic nitrogens is 1. The third-order valence-corrected chi connectivity index (χ3v) is 4.00. The zero-order chi connectivity index (χ0) is 15.1. The third-order valence-electron chi connectivity index (χ3n) is 4.00. The van der Waals surface area contributed by atoms with Crippen LogP contribution in [0.15, 0.2) is 18.3 Å². The number of anilines is 1. The second-order valence-corrected chi connectivity index (χ2v) is 5.40. The van der Waals surface area contributed by atoms with Gasteiger partial charge in [0.05, 0.1) is 18.5 Å². The Hall–Kier alpha value is -1.62. The monoisotopic (exact) mass is 291 g/mol. The van der Waals surface area contributed by atoms with Crippen molar-refractivity contribution in [2.45, 2.75) is 38.6 Å². The van der Waals surface area contributed by atoms with Gasteiger partial charge in [-0.05, 0) is 37.8 Å². The van der Waals surface area contributed by atoms with Crippen LogP contribution >= 0.6 is 0 Å². The minimum Gasteiger partial charge on any atom is -0.383 e. The molecule has 0 saturated carbocycles. The lowest BCUT2D eigenvalue weighted by atomic mass is 9.99. The van der Waals surface area contributed by atoms with Crippen LogP contribution in [0.3, 0.4) is 0 Å². The first-order chi connectivity index (χ1) is 10.3. The molecule has 21 heavy (non-hydrogen) atoms. The first-order valence-corrected chi connectivity index (χ1v) is 7.76. The number of pyridine rings is 1. The minimum atomic E-state index is -0.149. The SMILES string of the molecule is CCC1CCCCN1c1ccc(C(=O)NCCOC)nc1. The van der Waals surface area contributed by atoms with Gasteiger partial charge in [-0.1, -0.05) is 6.92 Å². The van der Waals surface area contributed by atoms with Crippen LogP contribution in [-0.2, 0) is 4.74 Å². The van der Waals surface area contributed by atoms with E-state index in [9.17, 15) is 4.79 Å². The predicted molar refractivity (Wildman–Crippen MR) is 83.7 cm³/mol. The molecule has 1 amide bonds. The highest BCUT2D eigenvalue weighted by Crippen LogP contribution is 2.25. The van der Waals surface area contributed by atoms with E-state index < -0.39 is 0 Å². The number of hydrogen-bond donors (Lipinski definition) is 1. The number of ether oxygens (including phenoxy) is 1. The first-order valence-electron chi connectivity index (χ1n) is 7.76. The van der Waals surface area contributed by atoms with Crippen LogP contribution in [0.5, 0.6) is 0 Å². The number of amides is 1. The van der Waals surface area contributed by atoms with Crippen molar-refractivity contribution in [1.29, 1.82) is 0 Å². The third kappa shape index (κ3) is 4.17. The summed E-state index contributed by atoms with van der Waals surface area (Å²) in [4.78, 5) is 18.6. The quantitative estimate of drug-likeness (QED) is 0.817. The molecule has 0 aliphatic carbocycles. The maximum absolute atomic E-state index is 11.9. The van der Waals surface area contributed by atoms with E-state index in [-0.39, 0.29) is 5.91 Å². The maximum atomic E-state index is 11.9. The van der Waals surface area contributed by atoms with Crippen LogP contribution in [0.1, 0.15) is 43.1 Å². The lowest BCUT2D eigenvalue weighted by Crippen LogP contribution is -2.39. The van der Waals surface area contributed by atoms with Gasteiger partial charge in [0.25, 0.3) is 5.91 Å². The molecule has 0 spiro atoms. The van der Waals surface area contributed by atoms with Crippen LogP contribution in [0.2, 0.25) is 0 Å². The Morgan fingerprint density at radius 2 is 2.33 bits per heavy atom. The number of piperidine rings is 1. The van der Waals surface area contributed by atoms with Gasteiger partial charge in [0, 0.05) is 26.2 Å². The smallest absolute Gasteiger partial charge is 0.269 e. The predicted octanol–water partition coefficient (Wildman–Crippen LogP) is 2.23. The molecule has 1 fully saturated rings. The fourth-order valence-electron chi connectivity index (χ4n) is 2.81. The highest BCUT2D eigenvalue weighted by atomic mass is 16.5. The molecule has 1 N–H and O–H groups in total. The van der Waals surface area contributed by atoms with Crippen molar-refractivity contribution in [2.75, 3.05) is 31.7 Å². The molecule has 0 aromatic carbocycles. The number of hydrogen-bond acceptors (Lipinski definition) is 4. The van der Waals surface area contributed by atoms with Gasteiger partial charge in [-0.15, -0.1) is 0 Å². The van der Waals surface area contributed by atoms with Gasteiger partial charge >= 0.3 is 0 Å². The average molecular weight is 291 g/mol. The molecule has 1 unspecified atom stereocenters. The molecule has 5 nitrogen and oxygen atoms in total. The summed E-state index contributed by atoms with van der Waals surface area (Å²) < 4.78 is 4.91. The van der Waals surface area contributed by atoms with Crippen LogP contribution in [-0.4, -0.2) is 43.7 Å². The molecule has 2 heterocycles. The molecule has 1 atom stereocenters. The van der Waals surface area contributed by atoms with Gasteiger partial charge in [0.15, 0.2) is 0 Å². The number of nitrogens with zero attached hydrogens (tertiary/aromatic N) is 2. The molecule has 5 heteroatoms. The number of methoxy groups -OCH3 is 1. The Labute approximate surface area is 126 Å². The highest BCUT2D eigenvalue weighted by Gasteiger charge is 2.21. The standard InChI is InChI=1S/C16H25N3O2/c1-3-13-6-4-5-10-19(13)14-7-8-15(18-12-14)16(20)17-9-11-21-2/h7-8,12-13H,3-6,9-11H2,1-2H3,(H,17,20). The zero-order valence-corrected chi connectivity index (χ0v) is 13.0. The Bertz CT molecular complexity index is 447. The molecular formula is C16H25N3O2. The summed E-state index contributed by atoms with van der Waals surface area (Å²) in [5.74, 6) is -0.149. The van der Waals surface area contributed by atoms with Crippen LogP contribution in [0.4, 0.5) is 5.69 Å². The van der Waals surface area contributed by atoms with Crippen LogP contribution in [0, 0.1) is 0 Å². The Balaban J connectivity index is 1.99. The second kappa shape index (κ2) is 7.98. The van der Waals surface area contributed by atoms with E-state index >= 15 is 0 Å². The normalized spacial score (nSPS) is 18.6. The molecule has 2 rings (SSSR count). The lowest BCUT2D eigenvalue weighted by Gasteiger charge is -2.37. The Kier molecular flexibility index (Phi) is 5.99. The van der Waals surface area contributed by atoms with Gasteiger partial charge in [-0.3, -0.25) is 4.79 Å². The highest BCUT2D eigenvalue weighted by molar-refractivity contribution is 5.92. The fraction of sp³-hybridized carbons (Fsp3) is 0.625. The molecule has 0 bridgehead atoms. The maximum Gasteiger partial charge on any atom is 0.269 e.